The molecular weight excluding hydrogens is 150 g/mol. The van der Waals surface area contributed by atoms with Crippen LogP contribution in [0.1, 0.15) is 0 Å². The molecule has 0 aromatic carbocycles. The minimum absolute atomic E-state index is 0.877. The molecule has 66 valence electrons. The average Bonchev–Trinajstić information content (AvgIpc) is 2.58. The maximum absolute atomic E-state index is 4.19. The number of likely N-dealkylation sites (N-methyl/N-ethyl adjacent to an activating group) is 1. The van der Waals surface area contributed by atoms with Crippen LogP contribution in [0, 0.1) is 0 Å². The lowest BCUT2D eigenvalue weighted by atomic mass is 10.3. The number of piperazine rings is 1. The van der Waals surface area contributed by atoms with Crippen molar-refractivity contribution >= 4 is 6.21 Å². The lowest BCUT2D eigenvalue weighted by Gasteiger charge is -2.33. The van der Waals surface area contributed by atoms with Crippen LogP contribution in [-0.2, 0) is 0 Å². The van der Waals surface area contributed by atoms with Crippen LogP contribution in [0.4, 0.5) is 0 Å². The fraction of sp³-hybridized carbons (Fsp3) is 0.667. The predicted molar refractivity (Wildman–Crippen MR) is 50.5 cm³/mol. The zero-order valence-electron chi connectivity index (χ0n) is 7.53. The van der Waals surface area contributed by atoms with Gasteiger partial charge in [0.05, 0.1) is 12.2 Å². The van der Waals surface area contributed by atoms with Crippen LogP contribution in [0.15, 0.2) is 16.8 Å². The summed E-state index contributed by atoms with van der Waals surface area (Å²) in [5.74, 6) is 0. The molecule has 2 rings (SSSR count). The fourth-order valence-corrected chi connectivity index (χ4v) is 1.62. The van der Waals surface area contributed by atoms with E-state index in [-0.39, 0.29) is 0 Å². The van der Waals surface area contributed by atoms with Crippen LogP contribution in [-0.4, -0.2) is 55.8 Å². The molecular formula is C9H15N3. The van der Waals surface area contributed by atoms with Crippen molar-refractivity contribution in [2.75, 3.05) is 39.8 Å². The second-order valence-electron chi connectivity index (χ2n) is 3.41. The van der Waals surface area contributed by atoms with Gasteiger partial charge in [0.1, 0.15) is 0 Å². The molecule has 1 fully saturated rings. The molecule has 0 aliphatic carbocycles. The summed E-state index contributed by atoms with van der Waals surface area (Å²) in [5.41, 5.74) is 1.32. The van der Waals surface area contributed by atoms with E-state index in [1.165, 1.54) is 18.8 Å². The molecule has 0 saturated carbocycles. The van der Waals surface area contributed by atoms with E-state index in [1.54, 1.807) is 0 Å². The summed E-state index contributed by atoms with van der Waals surface area (Å²) in [4.78, 5) is 8.96. The van der Waals surface area contributed by atoms with Crippen molar-refractivity contribution in [3.05, 3.63) is 11.8 Å². The molecule has 3 heteroatoms. The summed E-state index contributed by atoms with van der Waals surface area (Å²) in [6, 6.07) is 0. The SMILES string of the molecule is CN1CCN(C2=CCN=C2)CC1. The summed E-state index contributed by atoms with van der Waals surface area (Å²) in [6.45, 7) is 5.51. The maximum atomic E-state index is 4.19. The number of hydrogen-bond acceptors (Lipinski definition) is 3. The average molecular weight is 165 g/mol. The molecule has 0 atom stereocenters. The molecule has 0 bridgehead atoms. The van der Waals surface area contributed by atoms with Gasteiger partial charge < -0.3 is 9.80 Å². The molecule has 0 amide bonds. The Bertz CT molecular complexity index is 212. The topological polar surface area (TPSA) is 18.8 Å². The summed E-state index contributed by atoms with van der Waals surface area (Å²) >= 11 is 0. The van der Waals surface area contributed by atoms with Gasteiger partial charge in [0, 0.05) is 32.4 Å². The number of allylic oxidation sites excluding steroid dienone is 1. The molecule has 2 heterocycles. The van der Waals surface area contributed by atoms with Crippen LogP contribution < -0.4 is 0 Å². The number of hydrogen-bond donors (Lipinski definition) is 0. The monoisotopic (exact) mass is 165 g/mol. The second-order valence-corrected chi connectivity index (χ2v) is 3.41. The largest absolute Gasteiger partial charge is 0.368 e. The lowest BCUT2D eigenvalue weighted by molar-refractivity contribution is 0.193. The van der Waals surface area contributed by atoms with Gasteiger partial charge >= 0.3 is 0 Å². The first-order valence-corrected chi connectivity index (χ1v) is 4.50. The molecule has 2 aliphatic rings. The molecule has 1 saturated heterocycles. The third-order valence-corrected chi connectivity index (χ3v) is 2.50. The van der Waals surface area contributed by atoms with E-state index in [9.17, 15) is 0 Å². The van der Waals surface area contributed by atoms with Crippen LogP contribution in [0.25, 0.3) is 0 Å². The van der Waals surface area contributed by atoms with Crippen molar-refractivity contribution in [1.82, 2.24) is 9.80 Å². The molecule has 0 radical (unpaired) electrons. The Morgan fingerprint density at radius 2 is 2.00 bits per heavy atom. The van der Waals surface area contributed by atoms with Gasteiger partial charge in [-0.15, -0.1) is 0 Å². The molecule has 3 nitrogen and oxygen atoms in total. The highest BCUT2D eigenvalue weighted by molar-refractivity contribution is 5.80. The van der Waals surface area contributed by atoms with E-state index in [4.69, 9.17) is 0 Å². The van der Waals surface area contributed by atoms with Gasteiger partial charge in [0.25, 0.3) is 0 Å². The van der Waals surface area contributed by atoms with Crippen molar-refractivity contribution < 1.29 is 0 Å². The van der Waals surface area contributed by atoms with Crippen LogP contribution in [0.5, 0.6) is 0 Å². The molecule has 0 unspecified atom stereocenters. The van der Waals surface area contributed by atoms with E-state index in [0.717, 1.165) is 19.6 Å². The highest BCUT2D eigenvalue weighted by Gasteiger charge is 2.15. The van der Waals surface area contributed by atoms with E-state index in [1.807, 2.05) is 6.21 Å². The van der Waals surface area contributed by atoms with E-state index in [0.29, 0.717) is 0 Å². The van der Waals surface area contributed by atoms with Crippen LogP contribution in [0.3, 0.4) is 0 Å². The van der Waals surface area contributed by atoms with E-state index in [2.05, 4.69) is 27.9 Å². The van der Waals surface area contributed by atoms with Gasteiger partial charge in [-0.25, -0.2) is 0 Å². The molecule has 0 aromatic heterocycles. The number of aliphatic imine (C=N–C) groups is 1. The Hall–Kier alpha value is -0.830. The first kappa shape index (κ1) is 7.80. The Balaban J connectivity index is 1.93. The van der Waals surface area contributed by atoms with Crippen molar-refractivity contribution in [2.24, 2.45) is 4.99 Å². The molecule has 12 heavy (non-hydrogen) atoms. The molecule has 0 aromatic rings. The van der Waals surface area contributed by atoms with Crippen molar-refractivity contribution in [3.8, 4) is 0 Å². The van der Waals surface area contributed by atoms with Gasteiger partial charge in [-0.2, -0.15) is 0 Å². The Morgan fingerprint density at radius 3 is 2.58 bits per heavy atom. The number of nitrogens with zero attached hydrogens (tertiary/aromatic N) is 3. The van der Waals surface area contributed by atoms with Gasteiger partial charge in [0.2, 0.25) is 0 Å². The van der Waals surface area contributed by atoms with Crippen LogP contribution >= 0.6 is 0 Å². The smallest absolute Gasteiger partial charge is 0.0594 e. The maximum Gasteiger partial charge on any atom is 0.0594 e. The fourth-order valence-electron chi connectivity index (χ4n) is 1.62. The van der Waals surface area contributed by atoms with Gasteiger partial charge in [-0.05, 0) is 13.1 Å². The zero-order chi connectivity index (χ0) is 8.39. The first-order valence-electron chi connectivity index (χ1n) is 4.50. The summed E-state index contributed by atoms with van der Waals surface area (Å²) in [7, 11) is 2.18. The third kappa shape index (κ3) is 1.50. The predicted octanol–water partition coefficient (Wildman–Crippen LogP) is 0.202. The zero-order valence-corrected chi connectivity index (χ0v) is 7.53. The molecule has 0 N–H and O–H groups in total. The summed E-state index contributed by atoms with van der Waals surface area (Å²) in [6.07, 6.45) is 4.19. The number of rotatable bonds is 1. The molecule has 0 spiro atoms. The third-order valence-electron chi connectivity index (χ3n) is 2.50. The summed E-state index contributed by atoms with van der Waals surface area (Å²) in [5, 5.41) is 0. The second kappa shape index (κ2) is 3.27. The van der Waals surface area contributed by atoms with Gasteiger partial charge in [-0.1, -0.05) is 0 Å². The minimum atomic E-state index is 0.877. The van der Waals surface area contributed by atoms with Crippen LogP contribution in [0.2, 0.25) is 0 Å². The van der Waals surface area contributed by atoms with Gasteiger partial charge in [-0.3, -0.25) is 4.99 Å². The van der Waals surface area contributed by atoms with Crippen molar-refractivity contribution in [2.45, 2.75) is 0 Å². The molecule has 2 aliphatic heterocycles. The van der Waals surface area contributed by atoms with Crippen molar-refractivity contribution in [3.63, 3.8) is 0 Å². The van der Waals surface area contributed by atoms with E-state index >= 15 is 0 Å². The van der Waals surface area contributed by atoms with Gasteiger partial charge in [0.15, 0.2) is 0 Å². The lowest BCUT2D eigenvalue weighted by Crippen LogP contribution is -2.43. The highest BCUT2D eigenvalue weighted by atomic mass is 15.3. The normalized spacial score (nSPS) is 24.8. The Morgan fingerprint density at radius 1 is 1.25 bits per heavy atom. The van der Waals surface area contributed by atoms with Crippen molar-refractivity contribution in [1.29, 1.82) is 0 Å². The Labute approximate surface area is 73.4 Å². The quantitative estimate of drug-likeness (QED) is 0.553. The Kier molecular flexibility index (Phi) is 2.13. The first-order chi connectivity index (χ1) is 5.86. The van der Waals surface area contributed by atoms with E-state index < -0.39 is 0 Å². The summed E-state index contributed by atoms with van der Waals surface area (Å²) < 4.78 is 0. The standard InChI is InChI=1S/C9H15N3/c1-11-4-6-12(7-5-11)9-2-3-10-8-9/h2,8H,3-7H2,1H3. The minimum Gasteiger partial charge on any atom is -0.368 e. The highest BCUT2D eigenvalue weighted by Crippen LogP contribution is 2.09.